The van der Waals surface area contributed by atoms with Crippen LogP contribution in [0.25, 0.3) is 0 Å². The minimum Gasteiger partial charge on any atom is -0.372 e. The monoisotopic (exact) mass is 265 g/mol. The van der Waals surface area contributed by atoms with Crippen molar-refractivity contribution in [2.24, 2.45) is 5.41 Å². The van der Waals surface area contributed by atoms with Crippen molar-refractivity contribution in [3.8, 4) is 0 Å². The van der Waals surface area contributed by atoms with Gasteiger partial charge in [-0.25, -0.2) is 9.37 Å². The van der Waals surface area contributed by atoms with Gasteiger partial charge in [0.2, 0.25) is 0 Å². The molecule has 1 N–H and O–H groups in total. The molecule has 0 bridgehead atoms. The molecule has 1 fully saturated rings. The number of hydrogen-bond acceptors (Lipinski definition) is 3. The number of likely N-dealkylation sites (tertiary alicyclic amines) is 1. The van der Waals surface area contributed by atoms with Crippen molar-refractivity contribution < 1.29 is 9.18 Å². The topological polar surface area (TPSA) is 45.2 Å². The molecule has 104 valence electrons. The van der Waals surface area contributed by atoms with Crippen molar-refractivity contribution >= 4 is 11.7 Å². The van der Waals surface area contributed by atoms with Crippen LogP contribution in [0.4, 0.5) is 10.2 Å². The number of halogens is 1. The summed E-state index contributed by atoms with van der Waals surface area (Å²) < 4.78 is 13.3. The highest BCUT2D eigenvalue weighted by atomic mass is 19.1. The van der Waals surface area contributed by atoms with E-state index in [9.17, 15) is 9.18 Å². The van der Waals surface area contributed by atoms with Gasteiger partial charge in [0.25, 0.3) is 5.91 Å². The van der Waals surface area contributed by atoms with Gasteiger partial charge in [-0.1, -0.05) is 13.8 Å². The van der Waals surface area contributed by atoms with Crippen LogP contribution in [0.1, 0.15) is 37.0 Å². The third kappa shape index (κ3) is 3.03. The molecule has 0 atom stereocenters. The Morgan fingerprint density at radius 3 is 2.89 bits per heavy atom. The van der Waals surface area contributed by atoms with Crippen LogP contribution in [0.3, 0.4) is 0 Å². The molecule has 1 amide bonds. The Morgan fingerprint density at radius 1 is 1.53 bits per heavy atom. The second kappa shape index (κ2) is 5.15. The summed E-state index contributed by atoms with van der Waals surface area (Å²) in [5, 5.41) is 2.84. The predicted molar refractivity (Wildman–Crippen MR) is 72.7 cm³/mol. The number of rotatable bonds is 2. The standard InChI is InChI=1S/C14H20FN3O/c1-14(2)5-4-6-18(9-14)13(19)11-7-10(15)8-17-12(11)16-3/h7-8H,4-6,9H2,1-3H3,(H,16,17). The van der Waals surface area contributed by atoms with Crippen LogP contribution in [0.5, 0.6) is 0 Å². The molecular weight excluding hydrogens is 245 g/mol. The molecule has 2 heterocycles. The van der Waals surface area contributed by atoms with E-state index in [1.165, 1.54) is 6.07 Å². The molecule has 1 aromatic heterocycles. The first-order valence-corrected chi connectivity index (χ1v) is 6.55. The first kappa shape index (κ1) is 13.8. The summed E-state index contributed by atoms with van der Waals surface area (Å²) in [5.74, 6) is -0.211. The molecule has 0 aromatic carbocycles. The van der Waals surface area contributed by atoms with Gasteiger partial charge in [-0.2, -0.15) is 0 Å². The highest BCUT2D eigenvalue weighted by Crippen LogP contribution is 2.29. The van der Waals surface area contributed by atoms with Crippen molar-refractivity contribution in [3.63, 3.8) is 0 Å². The summed E-state index contributed by atoms with van der Waals surface area (Å²) >= 11 is 0. The smallest absolute Gasteiger partial charge is 0.257 e. The van der Waals surface area contributed by atoms with Crippen molar-refractivity contribution in [2.45, 2.75) is 26.7 Å². The van der Waals surface area contributed by atoms with Crippen LogP contribution >= 0.6 is 0 Å². The van der Waals surface area contributed by atoms with Crippen molar-refractivity contribution in [1.82, 2.24) is 9.88 Å². The average molecular weight is 265 g/mol. The summed E-state index contributed by atoms with van der Waals surface area (Å²) in [6.45, 7) is 5.72. The lowest BCUT2D eigenvalue weighted by Gasteiger charge is -2.38. The number of carbonyl (C=O) groups is 1. The molecule has 4 nitrogen and oxygen atoms in total. The summed E-state index contributed by atoms with van der Waals surface area (Å²) in [4.78, 5) is 18.2. The lowest BCUT2D eigenvalue weighted by Crippen LogP contribution is -2.43. The zero-order valence-electron chi connectivity index (χ0n) is 11.7. The van der Waals surface area contributed by atoms with Gasteiger partial charge >= 0.3 is 0 Å². The molecule has 0 spiro atoms. The van der Waals surface area contributed by atoms with Gasteiger partial charge in [0.05, 0.1) is 11.8 Å². The molecule has 0 aliphatic carbocycles. The predicted octanol–water partition coefficient (Wildman–Crippen LogP) is 2.52. The molecule has 5 heteroatoms. The lowest BCUT2D eigenvalue weighted by molar-refractivity contribution is 0.0583. The van der Waals surface area contributed by atoms with Gasteiger partial charge in [0.15, 0.2) is 0 Å². The van der Waals surface area contributed by atoms with E-state index in [1.807, 2.05) is 0 Å². The minimum absolute atomic E-state index is 0.120. The van der Waals surface area contributed by atoms with Gasteiger partial charge in [-0.05, 0) is 24.3 Å². The van der Waals surface area contributed by atoms with Crippen LogP contribution in [0.15, 0.2) is 12.3 Å². The van der Waals surface area contributed by atoms with E-state index in [-0.39, 0.29) is 11.3 Å². The van der Waals surface area contributed by atoms with E-state index in [0.29, 0.717) is 17.9 Å². The zero-order valence-corrected chi connectivity index (χ0v) is 11.7. The van der Waals surface area contributed by atoms with Gasteiger partial charge in [0.1, 0.15) is 11.6 Å². The Labute approximate surface area is 113 Å². The van der Waals surface area contributed by atoms with Crippen molar-refractivity contribution in [2.75, 3.05) is 25.5 Å². The van der Waals surface area contributed by atoms with E-state index in [2.05, 4.69) is 24.1 Å². The van der Waals surface area contributed by atoms with E-state index in [4.69, 9.17) is 0 Å². The lowest BCUT2D eigenvalue weighted by atomic mass is 9.84. The zero-order chi connectivity index (χ0) is 14.0. The number of anilines is 1. The minimum atomic E-state index is -0.487. The summed E-state index contributed by atoms with van der Waals surface area (Å²) in [7, 11) is 1.68. The van der Waals surface area contributed by atoms with Crippen LogP contribution in [-0.2, 0) is 0 Å². The highest BCUT2D eigenvalue weighted by molar-refractivity contribution is 5.98. The van der Waals surface area contributed by atoms with Crippen LogP contribution < -0.4 is 5.32 Å². The number of piperidine rings is 1. The summed E-state index contributed by atoms with van der Waals surface area (Å²) in [5.41, 5.74) is 0.425. The highest BCUT2D eigenvalue weighted by Gasteiger charge is 2.30. The first-order valence-electron chi connectivity index (χ1n) is 6.55. The van der Waals surface area contributed by atoms with E-state index >= 15 is 0 Å². The SMILES string of the molecule is CNc1ncc(F)cc1C(=O)N1CCCC(C)(C)C1. The number of amides is 1. The maximum absolute atomic E-state index is 13.3. The van der Waals surface area contributed by atoms with Gasteiger partial charge < -0.3 is 10.2 Å². The Kier molecular flexibility index (Phi) is 3.73. The molecule has 1 aliphatic rings. The van der Waals surface area contributed by atoms with Gasteiger partial charge in [0, 0.05) is 20.1 Å². The van der Waals surface area contributed by atoms with Crippen LogP contribution in [-0.4, -0.2) is 35.9 Å². The average Bonchev–Trinajstić information content (AvgIpc) is 2.36. The Balaban J connectivity index is 2.26. The largest absolute Gasteiger partial charge is 0.372 e. The summed E-state index contributed by atoms with van der Waals surface area (Å²) in [6, 6.07) is 1.25. The molecule has 0 saturated carbocycles. The fourth-order valence-electron chi connectivity index (χ4n) is 2.57. The molecular formula is C14H20FN3O. The van der Waals surface area contributed by atoms with Gasteiger partial charge in [-0.3, -0.25) is 4.79 Å². The second-order valence-corrected chi connectivity index (χ2v) is 5.79. The fraction of sp³-hybridized carbons (Fsp3) is 0.571. The van der Waals surface area contributed by atoms with Crippen molar-refractivity contribution in [3.05, 3.63) is 23.6 Å². The number of pyridine rings is 1. The molecule has 1 aromatic rings. The van der Waals surface area contributed by atoms with E-state index in [0.717, 1.165) is 25.6 Å². The third-order valence-corrected chi connectivity index (χ3v) is 3.51. The number of aromatic nitrogens is 1. The molecule has 19 heavy (non-hydrogen) atoms. The Bertz CT molecular complexity index is 488. The number of nitrogens with zero attached hydrogens (tertiary/aromatic N) is 2. The van der Waals surface area contributed by atoms with Gasteiger partial charge in [-0.15, -0.1) is 0 Å². The maximum Gasteiger partial charge on any atom is 0.257 e. The van der Waals surface area contributed by atoms with E-state index in [1.54, 1.807) is 11.9 Å². The Morgan fingerprint density at radius 2 is 2.26 bits per heavy atom. The second-order valence-electron chi connectivity index (χ2n) is 5.79. The fourth-order valence-corrected chi connectivity index (χ4v) is 2.57. The number of nitrogens with one attached hydrogen (secondary N) is 1. The molecule has 1 aliphatic heterocycles. The first-order chi connectivity index (χ1) is 8.93. The molecule has 0 unspecified atom stereocenters. The quantitative estimate of drug-likeness (QED) is 0.893. The molecule has 0 radical (unpaired) electrons. The van der Waals surface area contributed by atoms with Crippen molar-refractivity contribution in [1.29, 1.82) is 0 Å². The number of hydrogen-bond donors (Lipinski definition) is 1. The molecule has 2 rings (SSSR count). The van der Waals surface area contributed by atoms with Crippen LogP contribution in [0.2, 0.25) is 0 Å². The van der Waals surface area contributed by atoms with E-state index < -0.39 is 5.82 Å². The summed E-state index contributed by atoms with van der Waals surface area (Å²) in [6.07, 6.45) is 3.20. The van der Waals surface area contributed by atoms with Crippen LogP contribution in [0, 0.1) is 11.2 Å². The Hall–Kier alpha value is -1.65. The maximum atomic E-state index is 13.3. The normalized spacial score (nSPS) is 18.2. The molecule has 1 saturated heterocycles. The number of carbonyl (C=O) groups excluding carboxylic acids is 1. The third-order valence-electron chi connectivity index (χ3n) is 3.51.